The Morgan fingerprint density at radius 3 is 2.69 bits per heavy atom. The highest BCUT2D eigenvalue weighted by Crippen LogP contribution is 2.12. The normalized spacial score (nSPS) is 17.2. The Kier molecular flexibility index (Phi) is 6.63. The summed E-state index contributed by atoms with van der Waals surface area (Å²) in [5.41, 5.74) is 0. The van der Waals surface area contributed by atoms with Crippen molar-refractivity contribution in [3.63, 3.8) is 0 Å². The van der Waals surface area contributed by atoms with E-state index in [1.807, 2.05) is 0 Å². The minimum Gasteiger partial charge on any atom is -0.461 e. The average Bonchev–Trinajstić information content (AvgIpc) is 2.15. The zero-order valence-electron chi connectivity index (χ0n) is 7.62. The molecule has 4 heteroatoms. The topological polar surface area (TPSA) is 38.3 Å². The van der Waals surface area contributed by atoms with Crippen LogP contribution < -0.4 is 5.32 Å². The third-order valence-electron chi connectivity index (χ3n) is 2.02. The number of ether oxygens (including phenoxy) is 1. The second kappa shape index (κ2) is 6.92. The van der Waals surface area contributed by atoms with E-state index < -0.39 is 0 Å². The minimum atomic E-state index is -0.0728. The highest BCUT2D eigenvalue weighted by molar-refractivity contribution is 5.85. The highest BCUT2D eigenvalue weighted by atomic mass is 35.5. The molecule has 1 N–H and O–H groups in total. The van der Waals surface area contributed by atoms with Crippen LogP contribution >= 0.6 is 12.4 Å². The first-order valence-corrected chi connectivity index (χ1v) is 4.33. The molecule has 0 atom stereocenters. The fourth-order valence-corrected chi connectivity index (χ4v) is 1.32. The van der Waals surface area contributed by atoms with Crippen LogP contribution in [0.5, 0.6) is 0 Å². The van der Waals surface area contributed by atoms with Crippen molar-refractivity contribution in [2.75, 3.05) is 19.7 Å². The predicted octanol–water partition coefficient (Wildman–Crippen LogP) is 1.14. The first-order valence-electron chi connectivity index (χ1n) is 4.33. The van der Waals surface area contributed by atoms with Gasteiger partial charge in [-0.25, -0.2) is 0 Å². The number of hydrogen-bond acceptors (Lipinski definition) is 3. The molecule has 0 saturated carbocycles. The van der Waals surface area contributed by atoms with Gasteiger partial charge in [-0.05, 0) is 25.9 Å². The lowest BCUT2D eigenvalue weighted by molar-refractivity contribution is -0.148. The molecule has 0 aromatic rings. The molecule has 0 spiro atoms. The number of rotatable bonds is 3. The number of esters is 1. The molecule has 0 radical (unpaired) electrons. The number of carbonyl (C=O) groups excluding carboxylic acids is 1. The second-order valence-corrected chi connectivity index (χ2v) is 2.94. The zero-order chi connectivity index (χ0) is 8.81. The van der Waals surface area contributed by atoms with Crippen LogP contribution in [0, 0.1) is 5.92 Å². The van der Waals surface area contributed by atoms with E-state index in [1.54, 1.807) is 6.08 Å². The molecule has 0 unspecified atom stereocenters. The first kappa shape index (κ1) is 12.5. The van der Waals surface area contributed by atoms with Crippen LogP contribution in [0.3, 0.4) is 0 Å². The molecule has 1 fully saturated rings. The van der Waals surface area contributed by atoms with Gasteiger partial charge in [-0.1, -0.05) is 12.7 Å². The highest BCUT2D eigenvalue weighted by Gasteiger charge is 2.21. The van der Waals surface area contributed by atoms with E-state index in [0.29, 0.717) is 6.61 Å². The molecule has 13 heavy (non-hydrogen) atoms. The second-order valence-electron chi connectivity index (χ2n) is 2.94. The van der Waals surface area contributed by atoms with Crippen LogP contribution in [0.4, 0.5) is 0 Å². The van der Waals surface area contributed by atoms with Crippen LogP contribution in [-0.4, -0.2) is 25.7 Å². The molecule has 0 aromatic heterocycles. The standard InChI is InChI=1S/C9H15NO2.ClH/c1-2-7-12-9(11)8-3-5-10-6-4-8;/h2,8,10H,1,3-7H2;1H. The molecular weight excluding hydrogens is 190 g/mol. The Hall–Kier alpha value is -0.540. The quantitative estimate of drug-likeness (QED) is 0.555. The van der Waals surface area contributed by atoms with Gasteiger partial charge < -0.3 is 10.1 Å². The molecule has 0 aliphatic carbocycles. The molecule has 1 saturated heterocycles. The summed E-state index contributed by atoms with van der Waals surface area (Å²) in [4.78, 5) is 11.3. The van der Waals surface area contributed by atoms with Crippen LogP contribution in [0.15, 0.2) is 12.7 Å². The maximum atomic E-state index is 11.3. The van der Waals surface area contributed by atoms with Crippen molar-refractivity contribution >= 4 is 18.4 Å². The van der Waals surface area contributed by atoms with Crippen molar-refractivity contribution in [1.82, 2.24) is 5.32 Å². The van der Waals surface area contributed by atoms with Gasteiger partial charge in [0.05, 0.1) is 5.92 Å². The summed E-state index contributed by atoms with van der Waals surface area (Å²) < 4.78 is 4.95. The van der Waals surface area contributed by atoms with Crippen molar-refractivity contribution in [1.29, 1.82) is 0 Å². The molecule has 1 aliphatic heterocycles. The van der Waals surface area contributed by atoms with Gasteiger partial charge in [0, 0.05) is 0 Å². The molecule has 1 rings (SSSR count). The lowest BCUT2D eigenvalue weighted by Gasteiger charge is -2.20. The van der Waals surface area contributed by atoms with E-state index in [9.17, 15) is 4.79 Å². The molecule has 1 aliphatic rings. The van der Waals surface area contributed by atoms with Gasteiger partial charge in [0.25, 0.3) is 0 Å². The number of halogens is 1. The van der Waals surface area contributed by atoms with E-state index in [0.717, 1.165) is 25.9 Å². The van der Waals surface area contributed by atoms with Gasteiger partial charge in [0.2, 0.25) is 0 Å². The maximum absolute atomic E-state index is 11.3. The predicted molar refractivity (Wildman–Crippen MR) is 54.0 cm³/mol. The number of hydrogen-bond donors (Lipinski definition) is 1. The first-order chi connectivity index (χ1) is 5.84. The third-order valence-corrected chi connectivity index (χ3v) is 2.02. The summed E-state index contributed by atoms with van der Waals surface area (Å²) >= 11 is 0. The lowest BCUT2D eigenvalue weighted by atomic mass is 9.99. The van der Waals surface area contributed by atoms with E-state index in [2.05, 4.69) is 11.9 Å². The molecule has 1 heterocycles. The van der Waals surface area contributed by atoms with Crippen LogP contribution in [0.2, 0.25) is 0 Å². The third kappa shape index (κ3) is 4.29. The Morgan fingerprint density at radius 2 is 2.15 bits per heavy atom. The maximum Gasteiger partial charge on any atom is 0.309 e. The smallest absolute Gasteiger partial charge is 0.309 e. The van der Waals surface area contributed by atoms with Crippen molar-refractivity contribution in [3.05, 3.63) is 12.7 Å². The van der Waals surface area contributed by atoms with Gasteiger partial charge in [-0.15, -0.1) is 12.4 Å². The van der Waals surface area contributed by atoms with Crippen LogP contribution in [-0.2, 0) is 9.53 Å². The molecule has 76 valence electrons. The summed E-state index contributed by atoms with van der Waals surface area (Å²) in [6.45, 7) is 5.67. The lowest BCUT2D eigenvalue weighted by Crippen LogP contribution is -2.32. The van der Waals surface area contributed by atoms with Crippen molar-refractivity contribution < 1.29 is 9.53 Å². The largest absolute Gasteiger partial charge is 0.461 e. The molecule has 3 nitrogen and oxygen atoms in total. The van der Waals surface area contributed by atoms with Gasteiger partial charge in [-0.2, -0.15) is 0 Å². The fraction of sp³-hybridized carbons (Fsp3) is 0.667. The van der Waals surface area contributed by atoms with E-state index >= 15 is 0 Å². The molecule has 0 amide bonds. The molecule has 0 bridgehead atoms. The van der Waals surface area contributed by atoms with Gasteiger partial charge in [-0.3, -0.25) is 4.79 Å². The summed E-state index contributed by atoms with van der Waals surface area (Å²) in [6.07, 6.45) is 3.39. The van der Waals surface area contributed by atoms with E-state index in [4.69, 9.17) is 4.74 Å². The Balaban J connectivity index is 0.00000144. The minimum absolute atomic E-state index is 0. The van der Waals surface area contributed by atoms with Gasteiger partial charge in [0.15, 0.2) is 0 Å². The summed E-state index contributed by atoms with van der Waals surface area (Å²) in [6, 6.07) is 0. The van der Waals surface area contributed by atoms with Crippen molar-refractivity contribution in [3.8, 4) is 0 Å². The number of piperidine rings is 1. The average molecular weight is 206 g/mol. The van der Waals surface area contributed by atoms with Crippen LogP contribution in [0.25, 0.3) is 0 Å². The monoisotopic (exact) mass is 205 g/mol. The molecular formula is C9H16ClNO2. The zero-order valence-corrected chi connectivity index (χ0v) is 8.44. The SMILES string of the molecule is C=CCOC(=O)C1CCNCC1.Cl. The van der Waals surface area contributed by atoms with Crippen LogP contribution in [0.1, 0.15) is 12.8 Å². The Labute approximate surface area is 84.9 Å². The van der Waals surface area contributed by atoms with E-state index in [1.165, 1.54) is 0 Å². The fourth-order valence-electron chi connectivity index (χ4n) is 1.32. The summed E-state index contributed by atoms with van der Waals surface area (Å²) in [5, 5.41) is 3.20. The van der Waals surface area contributed by atoms with Gasteiger partial charge in [0.1, 0.15) is 6.61 Å². The number of carbonyl (C=O) groups is 1. The Bertz CT molecular complexity index is 167. The van der Waals surface area contributed by atoms with Crippen molar-refractivity contribution in [2.45, 2.75) is 12.8 Å². The summed E-state index contributed by atoms with van der Waals surface area (Å²) in [5.74, 6) is 0.0302. The molecule has 0 aromatic carbocycles. The Morgan fingerprint density at radius 1 is 1.54 bits per heavy atom. The number of nitrogens with one attached hydrogen (secondary N) is 1. The van der Waals surface area contributed by atoms with Crippen molar-refractivity contribution in [2.24, 2.45) is 5.92 Å². The van der Waals surface area contributed by atoms with Gasteiger partial charge >= 0.3 is 5.97 Å². The van der Waals surface area contributed by atoms with E-state index in [-0.39, 0.29) is 24.3 Å². The summed E-state index contributed by atoms with van der Waals surface area (Å²) in [7, 11) is 0.